The Kier molecular flexibility index (Phi) is 5.36. The van der Waals surface area contributed by atoms with E-state index in [2.05, 4.69) is 0 Å². The molecule has 1 fully saturated rings. The maximum absolute atomic E-state index is 11.4. The zero-order chi connectivity index (χ0) is 15.6. The van der Waals surface area contributed by atoms with Crippen LogP contribution in [-0.2, 0) is 4.79 Å². The van der Waals surface area contributed by atoms with E-state index in [0.29, 0.717) is 21.7 Å². The molecule has 2 rings (SSSR count). The van der Waals surface area contributed by atoms with E-state index < -0.39 is 0 Å². The molecule has 0 aromatic heterocycles. The standard InChI is InChI=1S/C15H20Cl2N2O2/c1-9(20)19-5-3-10(4-6-19)15(18)11-7-12(16)13(17)8-14(11)21-2/h7-8,10,15H,3-6,18H2,1-2H3. The van der Waals surface area contributed by atoms with Crippen LogP contribution in [0.15, 0.2) is 12.1 Å². The fraction of sp³-hybridized carbons (Fsp3) is 0.533. The molecule has 1 aliphatic heterocycles. The summed E-state index contributed by atoms with van der Waals surface area (Å²) in [5.41, 5.74) is 7.27. The molecule has 0 spiro atoms. The minimum atomic E-state index is -0.177. The van der Waals surface area contributed by atoms with Gasteiger partial charge in [-0.2, -0.15) is 0 Å². The Bertz CT molecular complexity index is 529. The topological polar surface area (TPSA) is 55.6 Å². The van der Waals surface area contributed by atoms with Gasteiger partial charge in [0.05, 0.1) is 17.2 Å². The van der Waals surface area contributed by atoms with E-state index in [9.17, 15) is 4.79 Å². The van der Waals surface area contributed by atoms with Crippen LogP contribution in [0, 0.1) is 5.92 Å². The van der Waals surface area contributed by atoms with Gasteiger partial charge in [0.15, 0.2) is 0 Å². The molecule has 6 heteroatoms. The monoisotopic (exact) mass is 330 g/mol. The van der Waals surface area contributed by atoms with Crippen LogP contribution in [0.1, 0.15) is 31.4 Å². The second-order valence-electron chi connectivity index (χ2n) is 5.38. The normalized spacial score (nSPS) is 17.7. The fourth-order valence-corrected chi connectivity index (χ4v) is 3.13. The molecule has 1 unspecified atom stereocenters. The van der Waals surface area contributed by atoms with Gasteiger partial charge in [-0.25, -0.2) is 0 Å². The lowest BCUT2D eigenvalue weighted by atomic mass is 9.85. The second-order valence-corrected chi connectivity index (χ2v) is 6.19. The number of methoxy groups -OCH3 is 1. The number of benzene rings is 1. The number of nitrogens with zero attached hydrogens (tertiary/aromatic N) is 1. The number of ether oxygens (including phenoxy) is 1. The lowest BCUT2D eigenvalue weighted by Crippen LogP contribution is -2.39. The largest absolute Gasteiger partial charge is 0.496 e. The molecule has 4 nitrogen and oxygen atoms in total. The van der Waals surface area contributed by atoms with Crippen molar-refractivity contribution in [1.82, 2.24) is 4.90 Å². The Labute approximate surface area is 135 Å². The van der Waals surface area contributed by atoms with Gasteiger partial charge in [0.1, 0.15) is 5.75 Å². The first-order valence-corrected chi connectivity index (χ1v) is 7.73. The molecule has 0 saturated carbocycles. The molecule has 0 bridgehead atoms. The molecule has 1 atom stereocenters. The minimum absolute atomic E-state index is 0.120. The molecule has 21 heavy (non-hydrogen) atoms. The average Bonchev–Trinajstić information content (AvgIpc) is 2.49. The summed E-state index contributed by atoms with van der Waals surface area (Å²) in [5, 5.41) is 0.931. The van der Waals surface area contributed by atoms with E-state index in [-0.39, 0.29) is 11.9 Å². The summed E-state index contributed by atoms with van der Waals surface area (Å²) in [7, 11) is 1.59. The maximum atomic E-state index is 11.4. The molecule has 116 valence electrons. The van der Waals surface area contributed by atoms with Crippen LogP contribution in [0.3, 0.4) is 0 Å². The number of piperidine rings is 1. The van der Waals surface area contributed by atoms with E-state index in [4.69, 9.17) is 33.7 Å². The van der Waals surface area contributed by atoms with Crippen LogP contribution in [-0.4, -0.2) is 31.0 Å². The van der Waals surface area contributed by atoms with Gasteiger partial charge >= 0.3 is 0 Å². The minimum Gasteiger partial charge on any atom is -0.496 e. The van der Waals surface area contributed by atoms with Crippen LogP contribution >= 0.6 is 23.2 Å². The predicted molar refractivity (Wildman–Crippen MR) is 84.9 cm³/mol. The summed E-state index contributed by atoms with van der Waals surface area (Å²) < 4.78 is 5.36. The Morgan fingerprint density at radius 3 is 2.43 bits per heavy atom. The van der Waals surface area contributed by atoms with E-state index in [1.807, 2.05) is 4.90 Å². The van der Waals surface area contributed by atoms with E-state index >= 15 is 0 Å². The van der Waals surface area contributed by atoms with Gasteiger partial charge in [-0.15, -0.1) is 0 Å². The van der Waals surface area contributed by atoms with Gasteiger partial charge in [0, 0.05) is 37.7 Å². The lowest BCUT2D eigenvalue weighted by Gasteiger charge is -2.34. The molecule has 1 aliphatic rings. The van der Waals surface area contributed by atoms with E-state index in [1.54, 1.807) is 26.2 Å². The lowest BCUT2D eigenvalue weighted by molar-refractivity contribution is -0.130. The van der Waals surface area contributed by atoms with Crippen molar-refractivity contribution < 1.29 is 9.53 Å². The number of carbonyl (C=O) groups excluding carboxylic acids is 1. The zero-order valence-electron chi connectivity index (χ0n) is 12.2. The first-order valence-electron chi connectivity index (χ1n) is 6.98. The number of amides is 1. The van der Waals surface area contributed by atoms with Crippen LogP contribution in [0.2, 0.25) is 10.0 Å². The van der Waals surface area contributed by atoms with Crippen LogP contribution < -0.4 is 10.5 Å². The summed E-state index contributed by atoms with van der Waals surface area (Å²) >= 11 is 12.1. The quantitative estimate of drug-likeness (QED) is 0.925. The number of nitrogens with two attached hydrogens (primary N) is 1. The van der Waals surface area contributed by atoms with Crippen molar-refractivity contribution >= 4 is 29.1 Å². The highest BCUT2D eigenvalue weighted by Gasteiger charge is 2.28. The second kappa shape index (κ2) is 6.86. The Morgan fingerprint density at radius 2 is 1.90 bits per heavy atom. The highest BCUT2D eigenvalue weighted by molar-refractivity contribution is 6.42. The van der Waals surface area contributed by atoms with Gasteiger partial charge in [-0.1, -0.05) is 23.2 Å². The number of halogens is 2. The Morgan fingerprint density at radius 1 is 1.33 bits per heavy atom. The third kappa shape index (κ3) is 3.62. The molecule has 0 radical (unpaired) electrons. The van der Waals surface area contributed by atoms with Gasteiger partial charge in [0.2, 0.25) is 5.91 Å². The van der Waals surface area contributed by atoms with Crippen molar-refractivity contribution in [2.24, 2.45) is 11.7 Å². The summed E-state index contributed by atoms with van der Waals surface area (Å²) in [6.45, 7) is 3.09. The van der Waals surface area contributed by atoms with Crippen molar-refractivity contribution in [2.75, 3.05) is 20.2 Å². The first kappa shape index (κ1) is 16.4. The average molecular weight is 331 g/mol. The fourth-order valence-electron chi connectivity index (χ4n) is 2.81. The SMILES string of the molecule is COc1cc(Cl)c(Cl)cc1C(N)C1CCN(C(C)=O)CC1. The molecular weight excluding hydrogens is 311 g/mol. The number of likely N-dealkylation sites (tertiary alicyclic amines) is 1. The number of hydrogen-bond donors (Lipinski definition) is 1. The van der Waals surface area contributed by atoms with Crippen molar-refractivity contribution in [2.45, 2.75) is 25.8 Å². The van der Waals surface area contributed by atoms with E-state index in [0.717, 1.165) is 31.5 Å². The Hall–Kier alpha value is -0.970. The summed E-state index contributed by atoms with van der Waals surface area (Å²) in [4.78, 5) is 13.2. The van der Waals surface area contributed by atoms with Crippen LogP contribution in [0.4, 0.5) is 0 Å². The third-order valence-corrected chi connectivity index (χ3v) is 4.85. The van der Waals surface area contributed by atoms with Gasteiger partial charge in [-0.05, 0) is 24.8 Å². The molecule has 1 aromatic carbocycles. The number of rotatable bonds is 3. The van der Waals surface area contributed by atoms with Crippen LogP contribution in [0.25, 0.3) is 0 Å². The van der Waals surface area contributed by atoms with Gasteiger partial charge < -0.3 is 15.4 Å². The van der Waals surface area contributed by atoms with Crippen LogP contribution in [0.5, 0.6) is 5.75 Å². The highest BCUT2D eigenvalue weighted by Crippen LogP contribution is 2.38. The van der Waals surface area contributed by atoms with Crippen molar-refractivity contribution in [3.63, 3.8) is 0 Å². The molecule has 1 aromatic rings. The van der Waals surface area contributed by atoms with Crippen molar-refractivity contribution in [1.29, 1.82) is 0 Å². The zero-order valence-corrected chi connectivity index (χ0v) is 13.7. The molecular formula is C15H20Cl2N2O2. The van der Waals surface area contributed by atoms with E-state index in [1.165, 1.54) is 0 Å². The van der Waals surface area contributed by atoms with Gasteiger partial charge in [0.25, 0.3) is 0 Å². The molecule has 2 N–H and O–H groups in total. The predicted octanol–water partition coefficient (Wildman–Crippen LogP) is 3.26. The molecule has 1 amide bonds. The van der Waals surface area contributed by atoms with Crippen molar-refractivity contribution in [3.05, 3.63) is 27.7 Å². The maximum Gasteiger partial charge on any atom is 0.219 e. The molecule has 1 heterocycles. The number of carbonyl (C=O) groups is 1. The molecule has 1 saturated heterocycles. The third-order valence-electron chi connectivity index (χ3n) is 4.12. The summed E-state index contributed by atoms with van der Waals surface area (Å²) in [6, 6.07) is 3.30. The van der Waals surface area contributed by atoms with Gasteiger partial charge in [-0.3, -0.25) is 4.79 Å². The highest BCUT2D eigenvalue weighted by atomic mass is 35.5. The molecule has 0 aliphatic carbocycles. The smallest absolute Gasteiger partial charge is 0.219 e. The number of hydrogen-bond acceptors (Lipinski definition) is 3. The Balaban J connectivity index is 2.15. The summed E-state index contributed by atoms with van der Waals surface area (Å²) in [5.74, 6) is 1.08. The van der Waals surface area contributed by atoms with Crippen molar-refractivity contribution in [3.8, 4) is 5.75 Å². The summed E-state index contributed by atoms with van der Waals surface area (Å²) in [6.07, 6.45) is 1.76. The first-order chi connectivity index (χ1) is 9.93.